The molecule has 0 saturated heterocycles. The zero-order valence-electron chi connectivity index (χ0n) is 11.4. The van der Waals surface area contributed by atoms with E-state index in [1.165, 1.54) is 16.7 Å². The Morgan fingerprint density at radius 1 is 0.842 bits per heavy atom. The molecular formula is C16H18N2S. The first-order valence-electron chi connectivity index (χ1n) is 6.27. The summed E-state index contributed by atoms with van der Waals surface area (Å²) in [6.07, 6.45) is 0. The quantitative estimate of drug-likeness (QED) is 0.790. The van der Waals surface area contributed by atoms with Gasteiger partial charge in [0.1, 0.15) is 0 Å². The summed E-state index contributed by atoms with van der Waals surface area (Å²) in [5.74, 6) is 0. The minimum absolute atomic E-state index is 0.612. The maximum Gasteiger partial charge on any atom is 0.175 e. The number of aryl methyl sites for hydroxylation is 3. The molecule has 19 heavy (non-hydrogen) atoms. The second-order valence-electron chi connectivity index (χ2n) is 4.71. The lowest BCUT2D eigenvalue weighted by atomic mass is 10.1. The number of para-hydroxylation sites is 1. The summed E-state index contributed by atoms with van der Waals surface area (Å²) in [5.41, 5.74) is 5.68. The Balaban J connectivity index is 2.07. The van der Waals surface area contributed by atoms with Gasteiger partial charge in [0.2, 0.25) is 0 Å². The number of nitrogens with one attached hydrogen (secondary N) is 2. The first kappa shape index (κ1) is 13.6. The van der Waals surface area contributed by atoms with Crippen LogP contribution in [-0.2, 0) is 0 Å². The fraction of sp³-hybridized carbons (Fsp3) is 0.188. The first-order chi connectivity index (χ1) is 9.06. The molecule has 2 nitrogen and oxygen atoms in total. The third kappa shape index (κ3) is 3.55. The van der Waals surface area contributed by atoms with Crippen LogP contribution in [-0.4, -0.2) is 5.11 Å². The summed E-state index contributed by atoms with van der Waals surface area (Å²) >= 11 is 5.35. The predicted molar refractivity (Wildman–Crippen MR) is 86.9 cm³/mol. The van der Waals surface area contributed by atoms with Crippen LogP contribution in [0.5, 0.6) is 0 Å². The van der Waals surface area contributed by atoms with Gasteiger partial charge in [0.25, 0.3) is 0 Å². The second kappa shape index (κ2) is 5.85. The molecule has 3 heteroatoms. The standard InChI is InChI=1S/C16H18N2S/c1-11-7-9-14(10-8-11)17-16(19)18-15-12(2)5-4-6-13(15)3/h4-10H,1-3H3,(H2,17,18,19). The van der Waals surface area contributed by atoms with Gasteiger partial charge in [-0.2, -0.15) is 0 Å². The average molecular weight is 270 g/mol. The van der Waals surface area contributed by atoms with E-state index in [0.29, 0.717) is 5.11 Å². The van der Waals surface area contributed by atoms with E-state index in [1.807, 2.05) is 18.2 Å². The summed E-state index contributed by atoms with van der Waals surface area (Å²) in [7, 11) is 0. The molecule has 0 unspecified atom stereocenters. The Kier molecular flexibility index (Phi) is 4.17. The van der Waals surface area contributed by atoms with Crippen LogP contribution in [0.4, 0.5) is 11.4 Å². The van der Waals surface area contributed by atoms with E-state index in [2.05, 4.69) is 55.7 Å². The molecule has 0 amide bonds. The smallest absolute Gasteiger partial charge is 0.175 e. The number of hydrogen-bond donors (Lipinski definition) is 2. The van der Waals surface area contributed by atoms with Crippen LogP contribution >= 0.6 is 12.2 Å². The van der Waals surface area contributed by atoms with Crippen molar-refractivity contribution in [1.29, 1.82) is 0 Å². The van der Waals surface area contributed by atoms with E-state index < -0.39 is 0 Å². The van der Waals surface area contributed by atoms with E-state index in [4.69, 9.17) is 12.2 Å². The minimum Gasteiger partial charge on any atom is -0.332 e. The predicted octanol–water partition coefficient (Wildman–Crippen LogP) is 4.42. The van der Waals surface area contributed by atoms with Crippen molar-refractivity contribution in [1.82, 2.24) is 0 Å². The van der Waals surface area contributed by atoms with Crippen LogP contribution < -0.4 is 10.6 Å². The largest absolute Gasteiger partial charge is 0.332 e. The van der Waals surface area contributed by atoms with Crippen LogP contribution in [0.25, 0.3) is 0 Å². The van der Waals surface area contributed by atoms with E-state index in [1.54, 1.807) is 0 Å². The van der Waals surface area contributed by atoms with E-state index in [9.17, 15) is 0 Å². The molecule has 98 valence electrons. The van der Waals surface area contributed by atoms with Gasteiger partial charge in [0.05, 0.1) is 0 Å². The number of rotatable bonds is 2. The van der Waals surface area contributed by atoms with Crippen LogP contribution in [0.1, 0.15) is 16.7 Å². The van der Waals surface area contributed by atoms with E-state index in [-0.39, 0.29) is 0 Å². The first-order valence-corrected chi connectivity index (χ1v) is 6.68. The van der Waals surface area contributed by atoms with E-state index >= 15 is 0 Å². The third-order valence-electron chi connectivity index (χ3n) is 3.03. The van der Waals surface area contributed by atoms with Crippen LogP contribution in [0.3, 0.4) is 0 Å². The van der Waals surface area contributed by atoms with Gasteiger partial charge in [-0.05, 0) is 56.2 Å². The van der Waals surface area contributed by atoms with E-state index in [0.717, 1.165) is 11.4 Å². The summed E-state index contributed by atoms with van der Waals surface area (Å²) in [6, 6.07) is 14.4. The maximum absolute atomic E-state index is 5.35. The third-order valence-corrected chi connectivity index (χ3v) is 3.23. The zero-order valence-corrected chi connectivity index (χ0v) is 12.3. The molecule has 2 N–H and O–H groups in total. The van der Waals surface area contributed by atoms with Crippen molar-refractivity contribution in [2.75, 3.05) is 10.6 Å². The topological polar surface area (TPSA) is 24.1 Å². The van der Waals surface area contributed by atoms with Gasteiger partial charge in [0.15, 0.2) is 5.11 Å². The van der Waals surface area contributed by atoms with Crippen molar-refractivity contribution >= 4 is 28.7 Å². The molecule has 0 spiro atoms. The summed E-state index contributed by atoms with van der Waals surface area (Å²) < 4.78 is 0. The molecule has 2 aromatic carbocycles. The molecule has 2 aromatic rings. The van der Waals surface area contributed by atoms with Crippen LogP contribution in [0, 0.1) is 20.8 Å². The molecule has 0 atom stereocenters. The average Bonchev–Trinajstić information content (AvgIpc) is 2.37. The van der Waals surface area contributed by atoms with Gasteiger partial charge < -0.3 is 10.6 Å². The van der Waals surface area contributed by atoms with Crippen molar-refractivity contribution < 1.29 is 0 Å². The fourth-order valence-electron chi connectivity index (χ4n) is 1.92. The molecule has 0 aliphatic heterocycles. The van der Waals surface area contributed by atoms with Crippen LogP contribution in [0.2, 0.25) is 0 Å². The molecule has 0 saturated carbocycles. The van der Waals surface area contributed by atoms with Crippen molar-refractivity contribution in [3.05, 3.63) is 59.2 Å². The van der Waals surface area contributed by atoms with Crippen LogP contribution in [0.15, 0.2) is 42.5 Å². The van der Waals surface area contributed by atoms with Crippen molar-refractivity contribution in [3.8, 4) is 0 Å². The molecule has 0 aromatic heterocycles. The highest BCUT2D eigenvalue weighted by molar-refractivity contribution is 7.80. The Labute approximate surface area is 119 Å². The highest BCUT2D eigenvalue weighted by Crippen LogP contribution is 2.19. The Hall–Kier alpha value is -1.87. The van der Waals surface area contributed by atoms with Gasteiger partial charge in [0, 0.05) is 11.4 Å². The zero-order chi connectivity index (χ0) is 13.8. The van der Waals surface area contributed by atoms with Gasteiger partial charge >= 0.3 is 0 Å². The highest BCUT2D eigenvalue weighted by atomic mass is 32.1. The molecule has 0 fully saturated rings. The molecule has 2 rings (SSSR count). The molecule has 0 heterocycles. The van der Waals surface area contributed by atoms with Gasteiger partial charge in [-0.15, -0.1) is 0 Å². The highest BCUT2D eigenvalue weighted by Gasteiger charge is 2.04. The minimum atomic E-state index is 0.612. The maximum atomic E-state index is 5.35. The number of thiocarbonyl (C=S) groups is 1. The fourth-order valence-corrected chi connectivity index (χ4v) is 2.14. The Bertz CT molecular complexity index is 568. The van der Waals surface area contributed by atoms with Crippen molar-refractivity contribution in [3.63, 3.8) is 0 Å². The Morgan fingerprint density at radius 3 is 2.00 bits per heavy atom. The lowest BCUT2D eigenvalue weighted by Crippen LogP contribution is -2.20. The SMILES string of the molecule is Cc1ccc(NC(=S)Nc2c(C)cccc2C)cc1. The number of hydrogen-bond acceptors (Lipinski definition) is 1. The van der Waals surface area contributed by atoms with Gasteiger partial charge in [-0.25, -0.2) is 0 Å². The van der Waals surface area contributed by atoms with Crippen molar-refractivity contribution in [2.24, 2.45) is 0 Å². The number of benzene rings is 2. The molecule has 0 bridgehead atoms. The second-order valence-corrected chi connectivity index (χ2v) is 5.12. The van der Waals surface area contributed by atoms with Crippen molar-refractivity contribution in [2.45, 2.75) is 20.8 Å². The Morgan fingerprint density at radius 2 is 1.42 bits per heavy atom. The summed E-state index contributed by atoms with van der Waals surface area (Å²) in [4.78, 5) is 0. The normalized spacial score (nSPS) is 10.1. The molecular weight excluding hydrogens is 252 g/mol. The lowest BCUT2D eigenvalue weighted by molar-refractivity contribution is 1.37. The molecule has 0 aliphatic rings. The number of anilines is 2. The summed E-state index contributed by atoms with van der Waals surface area (Å²) in [6.45, 7) is 6.21. The lowest BCUT2D eigenvalue weighted by Gasteiger charge is -2.14. The monoisotopic (exact) mass is 270 g/mol. The van der Waals surface area contributed by atoms with Gasteiger partial charge in [-0.1, -0.05) is 35.9 Å². The molecule has 0 aliphatic carbocycles. The molecule has 0 radical (unpaired) electrons. The summed E-state index contributed by atoms with van der Waals surface area (Å²) in [5, 5.41) is 7.07. The van der Waals surface area contributed by atoms with Gasteiger partial charge in [-0.3, -0.25) is 0 Å².